The molecule has 0 aliphatic heterocycles. The highest BCUT2D eigenvalue weighted by Gasteiger charge is 2.04. The molecule has 140 valence electrons. The van der Waals surface area contributed by atoms with Crippen LogP contribution in [0.2, 0.25) is 0 Å². The van der Waals surface area contributed by atoms with Crippen LogP contribution in [0.3, 0.4) is 0 Å². The number of ether oxygens (including phenoxy) is 1. The van der Waals surface area contributed by atoms with Crippen LogP contribution < -0.4 is 15.4 Å². The van der Waals surface area contributed by atoms with E-state index < -0.39 is 0 Å². The molecule has 0 spiro atoms. The molecule has 1 heterocycles. The van der Waals surface area contributed by atoms with Crippen molar-refractivity contribution in [3.8, 4) is 11.6 Å². The Hall–Kier alpha value is -3.08. The number of hydrogen-bond donors (Lipinski definition) is 2. The van der Waals surface area contributed by atoms with Gasteiger partial charge in [0.2, 0.25) is 11.8 Å². The van der Waals surface area contributed by atoms with Gasteiger partial charge in [0, 0.05) is 42.7 Å². The van der Waals surface area contributed by atoms with Gasteiger partial charge in [-0.15, -0.1) is 0 Å². The van der Waals surface area contributed by atoms with E-state index in [1.165, 1.54) is 12.5 Å². The lowest BCUT2D eigenvalue weighted by Crippen LogP contribution is -2.22. The minimum absolute atomic E-state index is 0.00749. The van der Waals surface area contributed by atoms with Gasteiger partial charge in [-0.3, -0.25) is 4.79 Å². The summed E-state index contributed by atoms with van der Waals surface area (Å²) >= 11 is 0. The van der Waals surface area contributed by atoms with E-state index in [-0.39, 0.29) is 5.91 Å². The first-order chi connectivity index (χ1) is 13.0. The van der Waals surface area contributed by atoms with E-state index in [4.69, 9.17) is 4.74 Å². The molecule has 2 N–H and O–H groups in total. The molecule has 2 aromatic carbocycles. The summed E-state index contributed by atoms with van der Waals surface area (Å²) in [5, 5.41) is 7.23. The molecule has 5 heteroatoms. The highest BCUT2D eigenvalue weighted by molar-refractivity contribution is 5.80. The zero-order valence-electron chi connectivity index (χ0n) is 16.0. The van der Waals surface area contributed by atoms with Crippen LogP contribution in [0.5, 0.6) is 11.6 Å². The lowest BCUT2D eigenvalue weighted by molar-refractivity contribution is -0.118. The Morgan fingerprint density at radius 3 is 2.74 bits per heavy atom. The molecule has 0 aliphatic carbocycles. The maximum Gasteiger partial charge on any atom is 0.219 e. The third-order valence-electron chi connectivity index (χ3n) is 4.03. The van der Waals surface area contributed by atoms with Crippen molar-refractivity contribution in [2.75, 3.05) is 11.9 Å². The SMILES string of the molecule is CC(=O)NCCc1ccc2nc(Oc3cccc(NC(C)C)c3)ccc2c1. The molecule has 0 saturated carbocycles. The van der Waals surface area contributed by atoms with Crippen LogP contribution in [0.1, 0.15) is 26.3 Å². The second-order valence-corrected chi connectivity index (χ2v) is 6.84. The van der Waals surface area contributed by atoms with E-state index in [9.17, 15) is 4.79 Å². The summed E-state index contributed by atoms with van der Waals surface area (Å²) in [6, 6.07) is 18.2. The number of rotatable bonds is 7. The van der Waals surface area contributed by atoms with Crippen LogP contribution in [-0.4, -0.2) is 23.5 Å². The second kappa shape index (κ2) is 8.54. The van der Waals surface area contributed by atoms with Crippen molar-refractivity contribution in [2.24, 2.45) is 0 Å². The fourth-order valence-electron chi connectivity index (χ4n) is 2.86. The Balaban J connectivity index is 1.72. The monoisotopic (exact) mass is 363 g/mol. The lowest BCUT2D eigenvalue weighted by Gasteiger charge is -2.12. The minimum Gasteiger partial charge on any atom is -0.439 e. The average Bonchev–Trinajstić information content (AvgIpc) is 2.61. The predicted octanol–water partition coefficient (Wildman–Crippen LogP) is 4.53. The van der Waals surface area contributed by atoms with Crippen molar-refractivity contribution in [3.63, 3.8) is 0 Å². The summed E-state index contributed by atoms with van der Waals surface area (Å²) in [6.45, 7) is 6.36. The van der Waals surface area contributed by atoms with E-state index in [0.717, 1.165) is 28.8 Å². The Kier molecular flexibility index (Phi) is 5.91. The van der Waals surface area contributed by atoms with Gasteiger partial charge in [-0.25, -0.2) is 4.98 Å². The smallest absolute Gasteiger partial charge is 0.219 e. The normalized spacial score (nSPS) is 10.8. The molecular weight excluding hydrogens is 338 g/mol. The first-order valence-electron chi connectivity index (χ1n) is 9.18. The number of pyridine rings is 1. The van der Waals surface area contributed by atoms with E-state index in [1.807, 2.05) is 48.5 Å². The van der Waals surface area contributed by atoms with Gasteiger partial charge in [-0.05, 0) is 56.2 Å². The van der Waals surface area contributed by atoms with Gasteiger partial charge < -0.3 is 15.4 Å². The highest BCUT2D eigenvalue weighted by Crippen LogP contribution is 2.25. The van der Waals surface area contributed by atoms with E-state index in [1.54, 1.807) is 0 Å². The van der Waals surface area contributed by atoms with Crippen LogP contribution in [0, 0.1) is 0 Å². The van der Waals surface area contributed by atoms with E-state index in [2.05, 4.69) is 35.5 Å². The van der Waals surface area contributed by atoms with Crippen LogP contribution in [0.25, 0.3) is 10.9 Å². The largest absolute Gasteiger partial charge is 0.439 e. The molecule has 1 aromatic heterocycles. The Labute approximate surface area is 159 Å². The molecule has 27 heavy (non-hydrogen) atoms. The number of hydrogen-bond acceptors (Lipinski definition) is 4. The number of benzene rings is 2. The molecule has 0 radical (unpaired) electrons. The first-order valence-corrected chi connectivity index (χ1v) is 9.18. The second-order valence-electron chi connectivity index (χ2n) is 6.84. The number of amides is 1. The molecule has 0 unspecified atom stereocenters. The summed E-state index contributed by atoms with van der Waals surface area (Å²) in [7, 11) is 0. The zero-order valence-corrected chi connectivity index (χ0v) is 16.0. The third kappa shape index (κ3) is 5.45. The molecule has 5 nitrogen and oxygen atoms in total. The number of aromatic nitrogens is 1. The molecule has 0 aliphatic rings. The summed E-state index contributed by atoms with van der Waals surface area (Å²) in [5.41, 5.74) is 3.07. The Bertz CT molecular complexity index is 938. The zero-order chi connectivity index (χ0) is 19.2. The van der Waals surface area contributed by atoms with Gasteiger partial charge in [-0.2, -0.15) is 0 Å². The maximum absolute atomic E-state index is 11.0. The maximum atomic E-state index is 11.0. The van der Waals surface area contributed by atoms with Crippen molar-refractivity contribution in [2.45, 2.75) is 33.2 Å². The third-order valence-corrected chi connectivity index (χ3v) is 4.03. The van der Waals surface area contributed by atoms with Gasteiger partial charge in [0.1, 0.15) is 5.75 Å². The van der Waals surface area contributed by atoms with Crippen LogP contribution in [0.15, 0.2) is 54.6 Å². The molecule has 0 bridgehead atoms. The Morgan fingerprint density at radius 1 is 1.11 bits per heavy atom. The Morgan fingerprint density at radius 2 is 1.96 bits per heavy atom. The van der Waals surface area contributed by atoms with Crippen LogP contribution in [0.4, 0.5) is 5.69 Å². The molecule has 3 rings (SSSR count). The van der Waals surface area contributed by atoms with Gasteiger partial charge in [0.25, 0.3) is 0 Å². The van der Waals surface area contributed by atoms with E-state index in [0.29, 0.717) is 18.5 Å². The molecule has 0 saturated heterocycles. The van der Waals surface area contributed by atoms with Crippen molar-refractivity contribution in [1.29, 1.82) is 0 Å². The van der Waals surface area contributed by atoms with Crippen molar-refractivity contribution < 1.29 is 9.53 Å². The number of anilines is 1. The standard InChI is InChI=1S/C22H25N3O2/c1-15(2)24-19-5-4-6-20(14-19)27-22-10-8-18-13-17(7-9-21(18)25-22)11-12-23-16(3)26/h4-10,13-15,24H,11-12H2,1-3H3,(H,23,26). The average molecular weight is 363 g/mol. The number of nitrogens with one attached hydrogen (secondary N) is 2. The van der Waals surface area contributed by atoms with Gasteiger partial charge in [0.05, 0.1) is 5.52 Å². The van der Waals surface area contributed by atoms with Gasteiger partial charge in [-0.1, -0.05) is 12.1 Å². The number of nitrogens with zero attached hydrogens (tertiary/aromatic N) is 1. The number of carbonyl (C=O) groups excluding carboxylic acids is 1. The fourth-order valence-corrected chi connectivity index (χ4v) is 2.86. The number of carbonyl (C=O) groups is 1. The van der Waals surface area contributed by atoms with Crippen LogP contribution >= 0.6 is 0 Å². The quantitative estimate of drug-likeness (QED) is 0.647. The number of fused-ring (bicyclic) bond motifs is 1. The summed E-state index contributed by atoms with van der Waals surface area (Å²) in [6.07, 6.45) is 0.795. The van der Waals surface area contributed by atoms with Crippen molar-refractivity contribution >= 4 is 22.5 Å². The van der Waals surface area contributed by atoms with Crippen LogP contribution in [-0.2, 0) is 11.2 Å². The molecule has 0 atom stereocenters. The van der Waals surface area contributed by atoms with Gasteiger partial charge >= 0.3 is 0 Å². The van der Waals surface area contributed by atoms with Crippen molar-refractivity contribution in [1.82, 2.24) is 10.3 Å². The first kappa shape index (κ1) is 18.7. The molecule has 3 aromatic rings. The van der Waals surface area contributed by atoms with Crippen molar-refractivity contribution in [3.05, 3.63) is 60.2 Å². The predicted molar refractivity (Wildman–Crippen MR) is 109 cm³/mol. The topological polar surface area (TPSA) is 63.2 Å². The lowest BCUT2D eigenvalue weighted by atomic mass is 10.1. The molecular formula is C22H25N3O2. The minimum atomic E-state index is -0.00749. The van der Waals surface area contributed by atoms with E-state index >= 15 is 0 Å². The summed E-state index contributed by atoms with van der Waals surface area (Å²) < 4.78 is 5.93. The summed E-state index contributed by atoms with van der Waals surface area (Å²) in [4.78, 5) is 15.6. The molecule has 1 amide bonds. The van der Waals surface area contributed by atoms with Gasteiger partial charge in [0.15, 0.2) is 0 Å². The molecule has 0 fully saturated rings. The summed E-state index contributed by atoms with van der Waals surface area (Å²) in [5.74, 6) is 1.31. The fraction of sp³-hybridized carbons (Fsp3) is 0.273. The highest BCUT2D eigenvalue weighted by atomic mass is 16.5.